The van der Waals surface area contributed by atoms with Crippen LogP contribution >= 0.6 is 23.2 Å². The predicted molar refractivity (Wildman–Crippen MR) is 83.8 cm³/mol. The minimum Gasteiger partial charge on any atom is -0.465 e. The van der Waals surface area contributed by atoms with Gasteiger partial charge in [0, 0.05) is 0 Å². The number of rotatable bonds is 7. The van der Waals surface area contributed by atoms with Crippen molar-refractivity contribution in [2.75, 3.05) is 31.6 Å². The van der Waals surface area contributed by atoms with Crippen LogP contribution in [0, 0.1) is 0 Å². The summed E-state index contributed by atoms with van der Waals surface area (Å²) in [5.74, 6) is -0.654. The van der Waals surface area contributed by atoms with Crippen molar-refractivity contribution in [3.8, 4) is 0 Å². The minimum atomic E-state index is -0.358. The van der Waals surface area contributed by atoms with E-state index in [4.69, 9.17) is 27.9 Å². The molecular weight excluding hydrogens is 315 g/mol. The van der Waals surface area contributed by atoms with E-state index in [9.17, 15) is 9.59 Å². The lowest BCUT2D eigenvalue weighted by Crippen LogP contribution is -2.37. The predicted octanol–water partition coefficient (Wildman–Crippen LogP) is 2.82. The monoisotopic (exact) mass is 332 g/mol. The molecule has 0 unspecified atom stereocenters. The highest BCUT2D eigenvalue weighted by Gasteiger charge is 2.15. The van der Waals surface area contributed by atoms with Gasteiger partial charge in [-0.15, -0.1) is 0 Å². The Morgan fingerprint density at radius 1 is 1.19 bits per heavy atom. The van der Waals surface area contributed by atoms with Crippen molar-refractivity contribution in [2.24, 2.45) is 0 Å². The highest BCUT2D eigenvalue weighted by Crippen LogP contribution is 2.29. The van der Waals surface area contributed by atoms with E-state index < -0.39 is 0 Å². The van der Waals surface area contributed by atoms with Gasteiger partial charge < -0.3 is 10.1 Å². The molecule has 5 nitrogen and oxygen atoms in total. The van der Waals surface area contributed by atoms with Crippen molar-refractivity contribution in [2.45, 2.75) is 13.8 Å². The second-order valence-electron chi connectivity index (χ2n) is 4.25. The van der Waals surface area contributed by atoms with E-state index in [2.05, 4.69) is 5.32 Å². The Labute approximate surface area is 134 Å². The number of nitrogens with zero attached hydrogens (tertiary/aromatic N) is 1. The van der Waals surface area contributed by atoms with E-state index in [-0.39, 0.29) is 25.0 Å². The normalized spacial score (nSPS) is 10.5. The van der Waals surface area contributed by atoms with Crippen molar-refractivity contribution in [1.82, 2.24) is 4.90 Å². The first-order valence-electron chi connectivity index (χ1n) is 6.59. The summed E-state index contributed by atoms with van der Waals surface area (Å²) in [7, 11) is 0. The van der Waals surface area contributed by atoms with Crippen LogP contribution in [0.15, 0.2) is 18.2 Å². The van der Waals surface area contributed by atoms with Crippen LogP contribution in [0.5, 0.6) is 0 Å². The lowest BCUT2D eigenvalue weighted by atomic mass is 10.3. The van der Waals surface area contributed by atoms with Gasteiger partial charge in [0.1, 0.15) is 0 Å². The summed E-state index contributed by atoms with van der Waals surface area (Å²) in [4.78, 5) is 25.1. The molecule has 0 aliphatic heterocycles. The van der Waals surface area contributed by atoms with Gasteiger partial charge in [-0.05, 0) is 25.6 Å². The molecule has 0 saturated heterocycles. The van der Waals surface area contributed by atoms with Gasteiger partial charge in [0.15, 0.2) is 0 Å². The molecule has 0 aliphatic rings. The second-order valence-corrected chi connectivity index (χ2v) is 5.07. The highest BCUT2D eigenvalue weighted by molar-refractivity contribution is 6.39. The number of benzene rings is 1. The van der Waals surface area contributed by atoms with Crippen molar-refractivity contribution in [3.05, 3.63) is 28.2 Å². The van der Waals surface area contributed by atoms with Gasteiger partial charge in [-0.1, -0.05) is 36.2 Å². The number of likely N-dealkylation sites (N-methyl/N-ethyl adjacent to an activating group) is 1. The van der Waals surface area contributed by atoms with Crippen molar-refractivity contribution >= 4 is 40.8 Å². The van der Waals surface area contributed by atoms with Crippen LogP contribution in [0.4, 0.5) is 5.69 Å². The smallest absolute Gasteiger partial charge is 0.320 e. The number of hydrogen-bond donors (Lipinski definition) is 1. The number of esters is 1. The summed E-state index contributed by atoms with van der Waals surface area (Å²) in [5.41, 5.74) is 0.373. The van der Waals surface area contributed by atoms with Crippen LogP contribution in [0.25, 0.3) is 0 Å². The molecule has 1 amide bonds. The molecular formula is C14H18Cl2N2O3. The van der Waals surface area contributed by atoms with Gasteiger partial charge in [-0.25, -0.2) is 0 Å². The lowest BCUT2D eigenvalue weighted by Gasteiger charge is -2.19. The minimum absolute atomic E-state index is 0.0524. The summed E-state index contributed by atoms with van der Waals surface area (Å²) in [6.07, 6.45) is 0. The Hall–Kier alpha value is -1.30. The summed E-state index contributed by atoms with van der Waals surface area (Å²) < 4.78 is 4.86. The zero-order valence-electron chi connectivity index (χ0n) is 12.0. The average molecular weight is 333 g/mol. The molecule has 1 aromatic rings. The molecule has 1 aromatic carbocycles. The number of ether oxygens (including phenoxy) is 1. The molecule has 0 spiro atoms. The molecule has 116 valence electrons. The molecule has 1 N–H and O–H groups in total. The Morgan fingerprint density at radius 3 is 2.33 bits per heavy atom. The Kier molecular flexibility index (Phi) is 7.50. The van der Waals surface area contributed by atoms with Crippen LogP contribution in [0.1, 0.15) is 13.8 Å². The SMILES string of the molecule is CCOC(=O)CN(CC)CC(=O)Nc1c(Cl)cccc1Cl. The highest BCUT2D eigenvalue weighted by atomic mass is 35.5. The van der Waals surface area contributed by atoms with Crippen molar-refractivity contribution in [1.29, 1.82) is 0 Å². The van der Waals surface area contributed by atoms with E-state index in [1.54, 1.807) is 30.0 Å². The van der Waals surface area contributed by atoms with Crippen LogP contribution in [-0.2, 0) is 14.3 Å². The maximum atomic E-state index is 12.0. The second kappa shape index (κ2) is 8.87. The Balaban J connectivity index is 2.61. The third-order valence-corrected chi connectivity index (χ3v) is 3.33. The van der Waals surface area contributed by atoms with Gasteiger partial charge in [-0.3, -0.25) is 14.5 Å². The van der Waals surface area contributed by atoms with Gasteiger partial charge in [0.05, 0.1) is 35.4 Å². The summed E-state index contributed by atoms with van der Waals surface area (Å²) in [6.45, 7) is 4.57. The topological polar surface area (TPSA) is 58.6 Å². The van der Waals surface area contributed by atoms with Crippen molar-refractivity contribution in [3.63, 3.8) is 0 Å². The molecule has 0 bridgehead atoms. The van der Waals surface area contributed by atoms with E-state index in [0.717, 1.165) is 0 Å². The first kappa shape index (κ1) is 17.8. The molecule has 7 heteroatoms. The number of hydrogen-bond acceptors (Lipinski definition) is 4. The average Bonchev–Trinajstić information content (AvgIpc) is 2.42. The lowest BCUT2D eigenvalue weighted by molar-refractivity contribution is -0.144. The van der Waals surface area contributed by atoms with Crippen LogP contribution in [0.2, 0.25) is 10.0 Å². The first-order chi connectivity index (χ1) is 9.97. The van der Waals surface area contributed by atoms with E-state index in [1.807, 2.05) is 6.92 Å². The van der Waals surface area contributed by atoms with E-state index >= 15 is 0 Å². The van der Waals surface area contributed by atoms with E-state index in [0.29, 0.717) is 28.9 Å². The molecule has 21 heavy (non-hydrogen) atoms. The molecule has 0 heterocycles. The number of anilines is 1. The van der Waals surface area contributed by atoms with Crippen molar-refractivity contribution < 1.29 is 14.3 Å². The number of para-hydroxylation sites is 1. The van der Waals surface area contributed by atoms with Gasteiger partial charge in [0.25, 0.3) is 0 Å². The first-order valence-corrected chi connectivity index (χ1v) is 7.35. The third kappa shape index (κ3) is 5.91. The maximum absolute atomic E-state index is 12.0. The number of carbonyl (C=O) groups excluding carboxylic acids is 2. The summed E-state index contributed by atoms with van der Waals surface area (Å²) >= 11 is 12.0. The maximum Gasteiger partial charge on any atom is 0.320 e. The fourth-order valence-corrected chi connectivity index (χ4v) is 2.16. The molecule has 0 fully saturated rings. The molecule has 0 radical (unpaired) electrons. The van der Waals surface area contributed by atoms with E-state index in [1.165, 1.54) is 0 Å². The summed E-state index contributed by atoms with van der Waals surface area (Å²) in [6, 6.07) is 4.97. The van der Waals surface area contributed by atoms with Crippen LogP contribution in [0.3, 0.4) is 0 Å². The summed E-state index contributed by atoms with van der Waals surface area (Å²) in [5, 5.41) is 3.38. The number of halogens is 2. The van der Waals surface area contributed by atoms with Gasteiger partial charge >= 0.3 is 5.97 Å². The number of nitrogens with one attached hydrogen (secondary N) is 1. The zero-order valence-corrected chi connectivity index (χ0v) is 13.5. The molecule has 1 rings (SSSR count). The number of carbonyl (C=O) groups is 2. The van der Waals surface area contributed by atoms with Gasteiger partial charge in [-0.2, -0.15) is 0 Å². The van der Waals surface area contributed by atoms with Crippen LogP contribution in [-0.4, -0.2) is 43.0 Å². The van der Waals surface area contributed by atoms with Gasteiger partial charge in [0.2, 0.25) is 5.91 Å². The molecule has 0 aliphatic carbocycles. The van der Waals surface area contributed by atoms with Crippen LogP contribution < -0.4 is 5.32 Å². The zero-order chi connectivity index (χ0) is 15.8. The molecule has 0 saturated carbocycles. The molecule has 0 aromatic heterocycles. The molecule has 0 atom stereocenters. The Bertz CT molecular complexity index is 489. The fraction of sp³-hybridized carbons (Fsp3) is 0.429. The third-order valence-electron chi connectivity index (χ3n) is 2.70. The number of amides is 1. The standard InChI is InChI=1S/C14H18Cl2N2O3/c1-3-18(9-13(20)21-4-2)8-12(19)17-14-10(15)6-5-7-11(14)16/h5-7H,3-4,8-9H2,1-2H3,(H,17,19). The quantitative estimate of drug-likeness (QED) is 0.780. The largest absolute Gasteiger partial charge is 0.465 e. The Morgan fingerprint density at radius 2 is 1.81 bits per heavy atom. The fourth-order valence-electron chi connectivity index (χ4n) is 1.67.